The molecule has 2 heterocycles. The number of rotatable bonds is 5. The molecule has 1 aromatic heterocycles. The maximum Gasteiger partial charge on any atom is 0.0992 e. The molecule has 4 rings (SSSR count). The summed E-state index contributed by atoms with van der Waals surface area (Å²) in [5.74, 6) is 0. The van der Waals surface area contributed by atoms with Crippen LogP contribution in [0.1, 0.15) is 18.5 Å². The summed E-state index contributed by atoms with van der Waals surface area (Å²) in [5, 5.41) is 1.19. The molecule has 0 N–H and O–H groups in total. The van der Waals surface area contributed by atoms with Crippen LogP contribution in [0, 0.1) is 0 Å². The maximum absolute atomic E-state index is 6.03. The van der Waals surface area contributed by atoms with Crippen LogP contribution >= 0.6 is 0 Å². The van der Waals surface area contributed by atoms with E-state index in [2.05, 4.69) is 41.8 Å². The molecule has 1 aliphatic carbocycles. The first-order valence-electron chi connectivity index (χ1n) is 8.78. The lowest BCUT2D eigenvalue weighted by molar-refractivity contribution is -0.111. The largest absolute Gasteiger partial charge is 0.373 e. The summed E-state index contributed by atoms with van der Waals surface area (Å²) < 4.78 is 11.9. The van der Waals surface area contributed by atoms with E-state index in [1.807, 2.05) is 12.1 Å². The lowest BCUT2D eigenvalue weighted by Crippen LogP contribution is -2.51. The third-order valence-corrected chi connectivity index (χ3v) is 5.10. The topological polar surface area (TPSA) is 34.6 Å². The van der Waals surface area contributed by atoms with Gasteiger partial charge in [0, 0.05) is 24.5 Å². The zero-order chi connectivity index (χ0) is 16.4. The van der Waals surface area contributed by atoms with Crippen LogP contribution in [0.2, 0.25) is 0 Å². The predicted octanol–water partition coefficient (Wildman–Crippen LogP) is 3.17. The SMILES string of the molecule is C=CCO[C@H]1CC[C@H]2[C@H]1OCCN2Cc1ccc2ccccc2n1. The van der Waals surface area contributed by atoms with Crippen LogP contribution in [-0.2, 0) is 16.0 Å². The van der Waals surface area contributed by atoms with Crippen molar-refractivity contribution < 1.29 is 9.47 Å². The van der Waals surface area contributed by atoms with E-state index in [1.54, 1.807) is 0 Å². The van der Waals surface area contributed by atoms with Crippen molar-refractivity contribution in [2.75, 3.05) is 19.8 Å². The Kier molecular flexibility index (Phi) is 4.60. The minimum absolute atomic E-state index is 0.180. The fourth-order valence-electron chi connectivity index (χ4n) is 3.96. The average Bonchev–Trinajstić information content (AvgIpc) is 3.04. The van der Waals surface area contributed by atoms with Gasteiger partial charge in [0.2, 0.25) is 0 Å². The molecular formula is C20H24N2O2. The van der Waals surface area contributed by atoms with Crippen LogP contribution in [0.25, 0.3) is 10.9 Å². The first-order chi connectivity index (χ1) is 11.8. The smallest absolute Gasteiger partial charge is 0.0992 e. The van der Waals surface area contributed by atoms with E-state index in [0.29, 0.717) is 12.6 Å². The highest BCUT2D eigenvalue weighted by Crippen LogP contribution is 2.33. The molecule has 1 aliphatic heterocycles. The van der Waals surface area contributed by atoms with Crippen LogP contribution in [0.15, 0.2) is 49.1 Å². The minimum Gasteiger partial charge on any atom is -0.373 e. The number of hydrogen-bond acceptors (Lipinski definition) is 4. The number of aromatic nitrogens is 1. The highest BCUT2D eigenvalue weighted by Gasteiger charge is 2.43. The number of benzene rings is 1. The molecule has 0 spiro atoms. The molecular weight excluding hydrogens is 300 g/mol. The Hall–Kier alpha value is -1.75. The van der Waals surface area contributed by atoms with Crippen molar-refractivity contribution in [1.82, 2.24) is 9.88 Å². The second-order valence-corrected chi connectivity index (χ2v) is 6.61. The van der Waals surface area contributed by atoms with Crippen molar-refractivity contribution in [3.05, 3.63) is 54.7 Å². The first kappa shape index (κ1) is 15.8. The van der Waals surface area contributed by atoms with Gasteiger partial charge in [-0.3, -0.25) is 9.88 Å². The summed E-state index contributed by atoms with van der Waals surface area (Å²) in [6.45, 7) is 6.94. The van der Waals surface area contributed by atoms with Gasteiger partial charge in [-0.1, -0.05) is 30.3 Å². The summed E-state index contributed by atoms with van der Waals surface area (Å²) in [6, 6.07) is 13.0. The number of hydrogen-bond donors (Lipinski definition) is 0. The number of nitrogens with zero attached hydrogens (tertiary/aromatic N) is 2. The van der Waals surface area contributed by atoms with Crippen LogP contribution in [0.4, 0.5) is 0 Å². The Morgan fingerprint density at radius 3 is 3.08 bits per heavy atom. The molecule has 2 aromatic rings. The zero-order valence-corrected chi connectivity index (χ0v) is 13.9. The van der Waals surface area contributed by atoms with Crippen LogP contribution in [0.5, 0.6) is 0 Å². The normalized spacial score (nSPS) is 27.2. The molecule has 2 fully saturated rings. The monoisotopic (exact) mass is 324 g/mol. The molecule has 1 saturated carbocycles. The molecule has 2 aliphatic rings. The second kappa shape index (κ2) is 7.01. The molecule has 24 heavy (non-hydrogen) atoms. The van der Waals surface area contributed by atoms with Gasteiger partial charge < -0.3 is 9.47 Å². The van der Waals surface area contributed by atoms with Crippen molar-refractivity contribution >= 4 is 10.9 Å². The number of morpholine rings is 1. The van der Waals surface area contributed by atoms with Crippen molar-refractivity contribution in [3.63, 3.8) is 0 Å². The molecule has 1 saturated heterocycles. The number of fused-ring (bicyclic) bond motifs is 2. The highest BCUT2D eigenvalue weighted by atomic mass is 16.5. The van der Waals surface area contributed by atoms with E-state index in [0.717, 1.165) is 43.7 Å². The molecule has 0 bridgehead atoms. The fourth-order valence-corrected chi connectivity index (χ4v) is 3.96. The van der Waals surface area contributed by atoms with E-state index in [1.165, 1.54) is 5.39 Å². The molecule has 126 valence electrons. The summed E-state index contributed by atoms with van der Waals surface area (Å²) in [5.41, 5.74) is 2.20. The lowest BCUT2D eigenvalue weighted by Gasteiger charge is -2.38. The standard InChI is InChI=1S/C20H24N2O2/c1-2-12-23-19-10-9-18-20(19)24-13-11-22(18)14-16-8-7-15-5-3-4-6-17(15)21-16/h2-8,18-20H,1,9-14H2/t18-,19-,20+/m0/s1. The van der Waals surface area contributed by atoms with Crippen LogP contribution in [-0.4, -0.2) is 47.9 Å². The average molecular weight is 324 g/mol. The van der Waals surface area contributed by atoms with Gasteiger partial charge in [0.25, 0.3) is 0 Å². The van der Waals surface area contributed by atoms with Gasteiger partial charge in [-0.05, 0) is 25.0 Å². The maximum atomic E-state index is 6.03. The van der Waals surface area contributed by atoms with Crippen LogP contribution < -0.4 is 0 Å². The molecule has 4 nitrogen and oxygen atoms in total. The molecule has 3 atom stereocenters. The van der Waals surface area contributed by atoms with Crippen molar-refractivity contribution in [3.8, 4) is 0 Å². The Labute approximate surface area is 143 Å². The van der Waals surface area contributed by atoms with Gasteiger partial charge in [0.15, 0.2) is 0 Å². The van der Waals surface area contributed by atoms with Crippen molar-refractivity contribution in [1.29, 1.82) is 0 Å². The second-order valence-electron chi connectivity index (χ2n) is 6.61. The third kappa shape index (κ3) is 3.09. The lowest BCUT2D eigenvalue weighted by atomic mass is 10.1. The Balaban J connectivity index is 1.48. The third-order valence-electron chi connectivity index (χ3n) is 5.10. The van der Waals surface area contributed by atoms with E-state index < -0.39 is 0 Å². The van der Waals surface area contributed by atoms with Gasteiger partial charge >= 0.3 is 0 Å². The quantitative estimate of drug-likeness (QED) is 0.791. The predicted molar refractivity (Wildman–Crippen MR) is 94.9 cm³/mol. The van der Waals surface area contributed by atoms with E-state index >= 15 is 0 Å². The first-order valence-corrected chi connectivity index (χ1v) is 8.78. The van der Waals surface area contributed by atoms with Gasteiger partial charge in [0.05, 0.1) is 36.6 Å². The fraction of sp³-hybridized carbons (Fsp3) is 0.450. The number of ether oxygens (including phenoxy) is 2. The number of pyridine rings is 1. The molecule has 0 radical (unpaired) electrons. The summed E-state index contributed by atoms with van der Waals surface area (Å²) in [6.07, 6.45) is 4.37. The number of para-hydroxylation sites is 1. The van der Waals surface area contributed by atoms with Gasteiger partial charge in [-0.15, -0.1) is 6.58 Å². The summed E-state index contributed by atoms with van der Waals surface area (Å²) in [7, 11) is 0. The van der Waals surface area contributed by atoms with Crippen LogP contribution in [0.3, 0.4) is 0 Å². The van der Waals surface area contributed by atoms with Crippen molar-refractivity contribution in [2.45, 2.75) is 37.6 Å². The summed E-state index contributed by atoms with van der Waals surface area (Å²) in [4.78, 5) is 7.34. The molecule has 0 amide bonds. The van der Waals surface area contributed by atoms with E-state index in [4.69, 9.17) is 14.5 Å². The van der Waals surface area contributed by atoms with Gasteiger partial charge in [-0.2, -0.15) is 0 Å². The zero-order valence-electron chi connectivity index (χ0n) is 13.9. The van der Waals surface area contributed by atoms with Gasteiger partial charge in [-0.25, -0.2) is 0 Å². The van der Waals surface area contributed by atoms with Gasteiger partial charge in [0.1, 0.15) is 0 Å². The highest BCUT2D eigenvalue weighted by molar-refractivity contribution is 5.78. The Morgan fingerprint density at radius 2 is 2.17 bits per heavy atom. The van der Waals surface area contributed by atoms with E-state index in [-0.39, 0.29) is 12.2 Å². The van der Waals surface area contributed by atoms with Crippen molar-refractivity contribution in [2.24, 2.45) is 0 Å². The molecule has 1 aromatic carbocycles. The molecule has 4 heteroatoms. The Morgan fingerprint density at radius 1 is 1.25 bits per heavy atom. The van der Waals surface area contributed by atoms with E-state index in [9.17, 15) is 0 Å². The minimum atomic E-state index is 0.180. The Bertz CT molecular complexity index is 718. The molecule has 0 unspecified atom stereocenters. The summed E-state index contributed by atoms with van der Waals surface area (Å²) >= 11 is 0.